The molecule has 2 aliphatic rings. The minimum atomic E-state index is -0.254. The summed E-state index contributed by atoms with van der Waals surface area (Å²) in [5.41, 5.74) is 0.945. The number of methoxy groups -OCH3 is 1. The summed E-state index contributed by atoms with van der Waals surface area (Å²) in [5, 5.41) is 9.88. The minimum absolute atomic E-state index is 0.204. The monoisotopic (exact) mass is 333 g/mol. The van der Waals surface area contributed by atoms with E-state index in [1.165, 1.54) is 0 Å². The maximum atomic E-state index is 12.4. The van der Waals surface area contributed by atoms with Crippen LogP contribution in [0.1, 0.15) is 37.7 Å². The van der Waals surface area contributed by atoms with Crippen molar-refractivity contribution >= 4 is 5.91 Å². The van der Waals surface area contributed by atoms with Crippen molar-refractivity contribution < 1.29 is 19.4 Å². The number of carbonyl (C=O) groups excluding carboxylic acids is 1. The quantitative estimate of drug-likeness (QED) is 0.917. The van der Waals surface area contributed by atoms with Crippen LogP contribution in [0.2, 0.25) is 0 Å². The third-order valence-electron chi connectivity index (χ3n) is 5.28. The Balaban J connectivity index is 1.46. The maximum absolute atomic E-state index is 12.4. The predicted molar refractivity (Wildman–Crippen MR) is 91.1 cm³/mol. The zero-order valence-electron chi connectivity index (χ0n) is 14.4. The van der Waals surface area contributed by atoms with E-state index in [1.807, 2.05) is 29.2 Å². The topological polar surface area (TPSA) is 59.0 Å². The van der Waals surface area contributed by atoms with Crippen molar-refractivity contribution in [3.63, 3.8) is 0 Å². The SMILES string of the molecule is COc1ccc(CCC(=O)N2CCC3(CC2)CC(O)CCO3)cc1. The normalized spacial score (nSPS) is 23.2. The van der Waals surface area contributed by atoms with Gasteiger partial charge in [0.1, 0.15) is 5.75 Å². The Bertz CT molecular complexity index is 549. The lowest BCUT2D eigenvalue weighted by Crippen LogP contribution is -2.51. The van der Waals surface area contributed by atoms with Crippen LogP contribution in [0, 0.1) is 0 Å². The van der Waals surface area contributed by atoms with Gasteiger partial charge in [-0.05, 0) is 43.4 Å². The zero-order chi connectivity index (χ0) is 17.0. The molecule has 1 aromatic carbocycles. The Morgan fingerprint density at radius 3 is 2.67 bits per heavy atom. The van der Waals surface area contributed by atoms with E-state index in [9.17, 15) is 9.90 Å². The van der Waals surface area contributed by atoms with Gasteiger partial charge in [0, 0.05) is 32.5 Å². The Hall–Kier alpha value is -1.59. The minimum Gasteiger partial charge on any atom is -0.497 e. The number of hydrogen-bond donors (Lipinski definition) is 1. The van der Waals surface area contributed by atoms with Crippen molar-refractivity contribution in [1.82, 2.24) is 4.90 Å². The molecule has 132 valence electrons. The molecule has 5 heteroatoms. The maximum Gasteiger partial charge on any atom is 0.222 e. The van der Waals surface area contributed by atoms with Crippen LogP contribution >= 0.6 is 0 Å². The fraction of sp³-hybridized carbons (Fsp3) is 0.632. The molecule has 0 aromatic heterocycles. The molecule has 0 saturated carbocycles. The molecule has 2 aliphatic heterocycles. The van der Waals surface area contributed by atoms with Gasteiger partial charge in [-0.2, -0.15) is 0 Å². The summed E-state index contributed by atoms with van der Waals surface area (Å²) < 4.78 is 11.1. The predicted octanol–water partition coefficient (Wildman–Crippen LogP) is 2.16. The Kier molecular flexibility index (Phi) is 5.41. The number of rotatable bonds is 4. The second-order valence-corrected chi connectivity index (χ2v) is 6.91. The molecule has 1 spiro atoms. The highest BCUT2D eigenvalue weighted by Crippen LogP contribution is 2.35. The molecule has 1 amide bonds. The zero-order valence-corrected chi connectivity index (χ0v) is 14.4. The smallest absolute Gasteiger partial charge is 0.222 e. The van der Waals surface area contributed by atoms with Gasteiger partial charge in [0.25, 0.3) is 0 Å². The van der Waals surface area contributed by atoms with Crippen molar-refractivity contribution in [3.8, 4) is 5.75 Å². The molecule has 0 aliphatic carbocycles. The van der Waals surface area contributed by atoms with Gasteiger partial charge in [-0.3, -0.25) is 4.79 Å². The molecule has 2 saturated heterocycles. The van der Waals surface area contributed by atoms with Gasteiger partial charge in [-0.1, -0.05) is 12.1 Å². The van der Waals surface area contributed by atoms with E-state index in [0.717, 1.165) is 50.1 Å². The highest BCUT2D eigenvalue weighted by atomic mass is 16.5. The second kappa shape index (κ2) is 7.53. The van der Waals surface area contributed by atoms with Crippen molar-refractivity contribution in [3.05, 3.63) is 29.8 Å². The van der Waals surface area contributed by atoms with Gasteiger partial charge < -0.3 is 19.5 Å². The van der Waals surface area contributed by atoms with Gasteiger partial charge in [0.15, 0.2) is 0 Å². The average Bonchev–Trinajstić information content (AvgIpc) is 2.60. The van der Waals surface area contributed by atoms with Crippen molar-refractivity contribution in [1.29, 1.82) is 0 Å². The third kappa shape index (κ3) is 4.08. The van der Waals surface area contributed by atoms with Crippen LogP contribution in [0.3, 0.4) is 0 Å². The van der Waals surface area contributed by atoms with Gasteiger partial charge in [0.2, 0.25) is 5.91 Å². The van der Waals surface area contributed by atoms with Crippen molar-refractivity contribution in [2.24, 2.45) is 0 Å². The number of likely N-dealkylation sites (tertiary alicyclic amines) is 1. The van der Waals surface area contributed by atoms with Crippen LogP contribution in [-0.4, -0.2) is 54.4 Å². The van der Waals surface area contributed by atoms with Gasteiger partial charge in [-0.15, -0.1) is 0 Å². The Labute approximate surface area is 143 Å². The van der Waals surface area contributed by atoms with Crippen LogP contribution in [0.15, 0.2) is 24.3 Å². The van der Waals surface area contributed by atoms with Crippen LogP contribution in [0.5, 0.6) is 5.75 Å². The molecule has 3 rings (SSSR count). The molecule has 1 aromatic rings. The Morgan fingerprint density at radius 1 is 1.33 bits per heavy atom. The van der Waals surface area contributed by atoms with Gasteiger partial charge >= 0.3 is 0 Å². The van der Waals surface area contributed by atoms with Gasteiger partial charge in [0.05, 0.1) is 18.8 Å². The summed E-state index contributed by atoms with van der Waals surface area (Å²) in [6.45, 7) is 2.09. The first-order valence-corrected chi connectivity index (χ1v) is 8.83. The number of aliphatic hydroxyl groups is 1. The summed E-state index contributed by atoms with van der Waals surface area (Å²) in [4.78, 5) is 14.4. The number of aliphatic hydroxyl groups excluding tert-OH is 1. The molecule has 0 radical (unpaired) electrons. The number of aryl methyl sites for hydroxylation is 1. The van der Waals surface area contributed by atoms with Crippen LogP contribution < -0.4 is 4.74 Å². The molecule has 1 unspecified atom stereocenters. The molecule has 2 fully saturated rings. The number of carbonyl (C=O) groups is 1. The van der Waals surface area contributed by atoms with E-state index in [2.05, 4.69) is 0 Å². The molecular formula is C19H27NO4. The van der Waals surface area contributed by atoms with E-state index < -0.39 is 0 Å². The first kappa shape index (κ1) is 17.2. The summed E-state index contributed by atoms with van der Waals surface area (Å²) in [7, 11) is 1.65. The summed E-state index contributed by atoms with van der Waals surface area (Å²) in [5.74, 6) is 1.04. The fourth-order valence-electron chi connectivity index (χ4n) is 3.72. The molecule has 0 bridgehead atoms. The summed E-state index contributed by atoms with van der Waals surface area (Å²) in [6.07, 6.45) is 4.13. The largest absolute Gasteiger partial charge is 0.497 e. The first-order chi connectivity index (χ1) is 11.6. The number of nitrogens with zero attached hydrogens (tertiary/aromatic N) is 1. The molecule has 1 N–H and O–H groups in total. The van der Waals surface area contributed by atoms with E-state index >= 15 is 0 Å². The molecule has 24 heavy (non-hydrogen) atoms. The lowest BCUT2D eigenvalue weighted by atomic mass is 9.83. The fourth-order valence-corrected chi connectivity index (χ4v) is 3.72. The van der Waals surface area contributed by atoms with Crippen molar-refractivity contribution in [2.75, 3.05) is 26.8 Å². The highest BCUT2D eigenvalue weighted by Gasteiger charge is 2.40. The van der Waals surface area contributed by atoms with E-state index in [1.54, 1.807) is 7.11 Å². The molecule has 1 atom stereocenters. The second-order valence-electron chi connectivity index (χ2n) is 6.91. The van der Waals surface area contributed by atoms with E-state index in [-0.39, 0.29) is 17.6 Å². The standard InChI is InChI=1S/C19H27NO4/c1-23-17-5-2-15(3-6-17)4-7-18(22)20-11-9-19(10-12-20)14-16(21)8-13-24-19/h2-3,5-6,16,21H,4,7-14H2,1H3. The lowest BCUT2D eigenvalue weighted by molar-refractivity contribution is -0.153. The highest BCUT2D eigenvalue weighted by molar-refractivity contribution is 5.76. The number of amides is 1. The van der Waals surface area contributed by atoms with Crippen LogP contribution in [0.4, 0.5) is 0 Å². The molecule has 2 heterocycles. The molecular weight excluding hydrogens is 306 g/mol. The molecule has 5 nitrogen and oxygen atoms in total. The Morgan fingerprint density at radius 2 is 2.04 bits per heavy atom. The van der Waals surface area contributed by atoms with Crippen LogP contribution in [-0.2, 0) is 16.0 Å². The lowest BCUT2D eigenvalue weighted by Gasteiger charge is -2.45. The third-order valence-corrected chi connectivity index (χ3v) is 5.28. The van der Waals surface area contributed by atoms with E-state index in [0.29, 0.717) is 19.4 Å². The number of ether oxygens (including phenoxy) is 2. The first-order valence-electron chi connectivity index (χ1n) is 8.83. The van der Waals surface area contributed by atoms with Crippen molar-refractivity contribution in [2.45, 2.75) is 50.2 Å². The van der Waals surface area contributed by atoms with Crippen LogP contribution in [0.25, 0.3) is 0 Å². The summed E-state index contributed by atoms with van der Waals surface area (Å²) >= 11 is 0. The number of benzene rings is 1. The average molecular weight is 333 g/mol. The van der Waals surface area contributed by atoms with E-state index in [4.69, 9.17) is 9.47 Å². The number of hydrogen-bond acceptors (Lipinski definition) is 4. The number of piperidine rings is 1. The summed E-state index contributed by atoms with van der Waals surface area (Å²) in [6, 6.07) is 7.87. The van der Waals surface area contributed by atoms with Gasteiger partial charge in [-0.25, -0.2) is 0 Å².